The van der Waals surface area contributed by atoms with Gasteiger partial charge in [0.15, 0.2) is 0 Å². The topological polar surface area (TPSA) is 93.8 Å². The molecule has 8 nitrogen and oxygen atoms in total. The molecule has 0 bridgehead atoms. The second-order valence-corrected chi connectivity index (χ2v) is 7.93. The van der Waals surface area contributed by atoms with Crippen molar-refractivity contribution in [2.45, 2.75) is 32.4 Å². The van der Waals surface area contributed by atoms with Gasteiger partial charge in [0.2, 0.25) is 5.91 Å². The summed E-state index contributed by atoms with van der Waals surface area (Å²) in [6.07, 6.45) is 2.28. The Morgan fingerprint density at radius 1 is 0.938 bits per heavy atom. The Labute approximate surface area is 189 Å². The number of nitrogens with zero attached hydrogens (tertiary/aromatic N) is 2. The highest BCUT2D eigenvalue weighted by Gasteiger charge is 2.17. The number of anilines is 1. The molecule has 3 N–H and O–H groups in total. The first-order valence-electron chi connectivity index (χ1n) is 11.0. The van der Waals surface area contributed by atoms with Crippen molar-refractivity contribution in [3.8, 4) is 0 Å². The van der Waals surface area contributed by atoms with Gasteiger partial charge < -0.3 is 25.8 Å². The van der Waals surface area contributed by atoms with Crippen molar-refractivity contribution in [1.29, 1.82) is 0 Å². The van der Waals surface area contributed by atoms with E-state index in [1.54, 1.807) is 16.8 Å². The molecule has 1 aliphatic rings. The third kappa shape index (κ3) is 7.30. The minimum Gasteiger partial charge on any atom is -0.352 e. The van der Waals surface area contributed by atoms with Crippen molar-refractivity contribution in [1.82, 2.24) is 20.4 Å². The molecule has 0 aromatic heterocycles. The first-order valence-corrected chi connectivity index (χ1v) is 11.0. The number of benzene rings is 2. The average molecular weight is 438 g/mol. The molecule has 1 aliphatic heterocycles. The summed E-state index contributed by atoms with van der Waals surface area (Å²) >= 11 is 0. The lowest BCUT2D eigenvalue weighted by atomic mass is 10.2. The Bertz CT molecular complexity index is 913. The number of hydrogen-bond acceptors (Lipinski definition) is 3. The summed E-state index contributed by atoms with van der Waals surface area (Å²) in [5.74, 6) is -0.150. The lowest BCUT2D eigenvalue weighted by Gasteiger charge is -2.18. The summed E-state index contributed by atoms with van der Waals surface area (Å²) in [7, 11) is 1.72. The summed E-state index contributed by atoms with van der Waals surface area (Å²) in [5, 5.41) is 8.52. The Morgan fingerprint density at radius 2 is 1.66 bits per heavy atom. The van der Waals surface area contributed by atoms with Gasteiger partial charge in [-0.25, -0.2) is 9.59 Å². The zero-order valence-corrected chi connectivity index (χ0v) is 18.5. The molecule has 2 aromatic carbocycles. The highest BCUT2D eigenvalue weighted by Crippen LogP contribution is 2.14. The molecule has 1 heterocycles. The first-order chi connectivity index (χ1) is 15.5. The van der Waals surface area contributed by atoms with E-state index in [-0.39, 0.29) is 30.9 Å². The number of rotatable bonds is 8. The molecule has 3 rings (SSSR count). The lowest BCUT2D eigenvalue weighted by molar-refractivity contribution is -0.121. The van der Waals surface area contributed by atoms with Gasteiger partial charge in [-0.05, 0) is 36.1 Å². The van der Waals surface area contributed by atoms with E-state index in [9.17, 15) is 14.4 Å². The minimum atomic E-state index is -0.219. The third-order valence-electron chi connectivity index (χ3n) is 5.30. The number of nitrogens with one attached hydrogen (secondary N) is 3. The van der Waals surface area contributed by atoms with Gasteiger partial charge in [-0.2, -0.15) is 0 Å². The standard InChI is InChI=1S/C24H31N5O3/c1-28(18-19-8-3-2-4-9-19)23(31)25-13-12-22(30)26-17-20-10-7-11-21(16-20)27-24(32)29-14-5-6-15-29/h2-4,7-11,16H,5-6,12-15,17-18H2,1H3,(H,25,31)(H,26,30)(H,27,32). The average Bonchev–Trinajstić information content (AvgIpc) is 3.34. The van der Waals surface area contributed by atoms with Crippen molar-refractivity contribution in [2.24, 2.45) is 0 Å². The zero-order valence-electron chi connectivity index (χ0n) is 18.5. The van der Waals surface area contributed by atoms with Crippen LogP contribution in [-0.4, -0.2) is 54.5 Å². The van der Waals surface area contributed by atoms with Gasteiger partial charge >= 0.3 is 12.1 Å². The van der Waals surface area contributed by atoms with Crippen LogP contribution in [0.3, 0.4) is 0 Å². The SMILES string of the molecule is CN(Cc1ccccc1)C(=O)NCCC(=O)NCc1cccc(NC(=O)N2CCCC2)c1. The van der Waals surface area contributed by atoms with Crippen LogP contribution in [0.1, 0.15) is 30.4 Å². The van der Waals surface area contributed by atoms with Crippen LogP contribution in [0.2, 0.25) is 0 Å². The summed E-state index contributed by atoms with van der Waals surface area (Å²) in [4.78, 5) is 39.9. The Hall–Kier alpha value is -3.55. The number of amides is 5. The monoisotopic (exact) mass is 437 g/mol. The van der Waals surface area contributed by atoms with Gasteiger partial charge in [0.1, 0.15) is 0 Å². The van der Waals surface area contributed by atoms with E-state index in [1.807, 2.05) is 54.6 Å². The van der Waals surface area contributed by atoms with Gasteiger partial charge in [0.25, 0.3) is 0 Å². The fourth-order valence-electron chi connectivity index (χ4n) is 3.52. The van der Waals surface area contributed by atoms with Gasteiger partial charge in [-0.1, -0.05) is 42.5 Å². The zero-order chi connectivity index (χ0) is 22.8. The molecule has 2 aromatic rings. The molecular formula is C24H31N5O3. The molecule has 0 unspecified atom stereocenters. The predicted octanol–water partition coefficient (Wildman–Crippen LogP) is 3.16. The van der Waals surface area contributed by atoms with E-state index in [2.05, 4.69) is 16.0 Å². The summed E-state index contributed by atoms with van der Waals surface area (Å²) < 4.78 is 0. The largest absolute Gasteiger partial charge is 0.352 e. The van der Waals surface area contributed by atoms with E-state index in [1.165, 1.54) is 0 Å². The maximum atomic E-state index is 12.2. The number of hydrogen-bond donors (Lipinski definition) is 3. The molecular weight excluding hydrogens is 406 g/mol. The summed E-state index contributed by atoms with van der Waals surface area (Å²) in [5.41, 5.74) is 2.65. The normalized spacial score (nSPS) is 12.8. The molecule has 1 fully saturated rings. The quantitative estimate of drug-likeness (QED) is 0.592. The van der Waals surface area contributed by atoms with E-state index < -0.39 is 0 Å². The summed E-state index contributed by atoms with van der Waals surface area (Å²) in [6.45, 7) is 2.70. The smallest absolute Gasteiger partial charge is 0.321 e. The lowest BCUT2D eigenvalue weighted by Crippen LogP contribution is -2.38. The van der Waals surface area contributed by atoms with Gasteiger partial charge in [0, 0.05) is 51.9 Å². The van der Waals surface area contributed by atoms with E-state index in [0.717, 1.165) is 37.1 Å². The molecule has 0 aliphatic carbocycles. The highest BCUT2D eigenvalue weighted by atomic mass is 16.2. The Kier molecular flexibility index (Phi) is 8.48. The highest BCUT2D eigenvalue weighted by molar-refractivity contribution is 5.89. The molecule has 0 saturated carbocycles. The van der Waals surface area contributed by atoms with Crippen molar-refractivity contribution in [3.05, 3.63) is 65.7 Å². The van der Waals surface area contributed by atoms with Crippen LogP contribution in [0.4, 0.5) is 15.3 Å². The molecule has 0 spiro atoms. The van der Waals surface area contributed by atoms with E-state index in [4.69, 9.17) is 0 Å². The number of carbonyl (C=O) groups excluding carboxylic acids is 3. The van der Waals surface area contributed by atoms with Gasteiger partial charge in [0.05, 0.1) is 0 Å². The second kappa shape index (κ2) is 11.7. The minimum absolute atomic E-state index is 0.0864. The molecule has 0 radical (unpaired) electrons. The van der Waals surface area contributed by atoms with Gasteiger partial charge in [-0.3, -0.25) is 4.79 Å². The maximum absolute atomic E-state index is 12.2. The first kappa shape index (κ1) is 23.1. The van der Waals surface area contributed by atoms with Crippen LogP contribution in [-0.2, 0) is 17.9 Å². The Morgan fingerprint density at radius 3 is 2.41 bits per heavy atom. The maximum Gasteiger partial charge on any atom is 0.321 e. The van der Waals surface area contributed by atoms with Crippen molar-refractivity contribution in [3.63, 3.8) is 0 Å². The third-order valence-corrected chi connectivity index (χ3v) is 5.30. The number of urea groups is 2. The van der Waals surface area contributed by atoms with Crippen LogP contribution in [0, 0.1) is 0 Å². The van der Waals surface area contributed by atoms with Crippen LogP contribution < -0.4 is 16.0 Å². The van der Waals surface area contributed by atoms with E-state index >= 15 is 0 Å². The number of carbonyl (C=O) groups is 3. The van der Waals surface area contributed by atoms with Crippen LogP contribution >= 0.6 is 0 Å². The molecule has 0 atom stereocenters. The summed E-state index contributed by atoms with van der Waals surface area (Å²) in [6, 6.07) is 16.9. The van der Waals surface area contributed by atoms with Crippen LogP contribution in [0.15, 0.2) is 54.6 Å². The van der Waals surface area contributed by atoms with Crippen LogP contribution in [0.25, 0.3) is 0 Å². The molecule has 5 amide bonds. The predicted molar refractivity (Wildman–Crippen MR) is 124 cm³/mol. The fourth-order valence-corrected chi connectivity index (χ4v) is 3.52. The van der Waals surface area contributed by atoms with E-state index in [0.29, 0.717) is 18.8 Å². The molecule has 8 heteroatoms. The second-order valence-electron chi connectivity index (χ2n) is 7.93. The van der Waals surface area contributed by atoms with Crippen molar-refractivity contribution >= 4 is 23.7 Å². The fraction of sp³-hybridized carbons (Fsp3) is 0.375. The molecule has 170 valence electrons. The number of likely N-dealkylation sites (tertiary alicyclic amines) is 1. The molecule has 1 saturated heterocycles. The van der Waals surface area contributed by atoms with Crippen LogP contribution in [0.5, 0.6) is 0 Å². The van der Waals surface area contributed by atoms with Crippen molar-refractivity contribution < 1.29 is 14.4 Å². The Balaban J connectivity index is 1.35. The van der Waals surface area contributed by atoms with Crippen molar-refractivity contribution in [2.75, 3.05) is 32.0 Å². The van der Waals surface area contributed by atoms with Gasteiger partial charge in [-0.15, -0.1) is 0 Å². The molecule has 32 heavy (non-hydrogen) atoms.